The molecular weight excluding hydrogens is 252 g/mol. The summed E-state index contributed by atoms with van der Waals surface area (Å²) < 4.78 is 0. The molecule has 1 aromatic carbocycles. The number of aromatic hydroxyl groups is 1. The Kier molecular flexibility index (Phi) is 3.78. The van der Waals surface area contributed by atoms with Crippen molar-refractivity contribution in [2.75, 3.05) is 13.1 Å². The number of nitrogens with one attached hydrogen (secondary N) is 1. The summed E-state index contributed by atoms with van der Waals surface area (Å²) in [6.07, 6.45) is 0. The second-order valence-corrected chi connectivity index (χ2v) is 5.28. The molecular formula is C13H17ClN2O2. The molecule has 1 heterocycles. The second-order valence-electron chi connectivity index (χ2n) is 4.84. The van der Waals surface area contributed by atoms with Crippen molar-refractivity contribution in [3.05, 3.63) is 28.8 Å². The highest BCUT2D eigenvalue weighted by Gasteiger charge is 2.26. The summed E-state index contributed by atoms with van der Waals surface area (Å²) in [7, 11) is 0. The molecule has 0 spiro atoms. The number of carbonyl (C=O) groups excluding carboxylic acids is 1. The monoisotopic (exact) mass is 268 g/mol. The van der Waals surface area contributed by atoms with Gasteiger partial charge in [-0.2, -0.15) is 0 Å². The number of benzene rings is 1. The number of halogens is 1. The molecule has 1 amide bonds. The van der Waals surface area contributed by atoms with Gasteiger partial charge in [0.05, 0.1) is 5.56 Å². The quantitative estimate of drug-likeness (QED) is 0.818. The van der Waals surface area contributed by atoms with Gasteiger partial charge >= 0.3 is 0 Å². The topological polar surface area (TPSA) is 52.6 Å². The first-order chi connectivity index (χ1) is 8.47. The van der Waals surface area contributed by atoms with Crippen LogP contribution in [0.1, 0.15) is 24.2 Å². The van der Waals surface area contributed by atoms with Crippen molar-refractivity contribution in [1.82, 2.24) is 10.2 Å². The minimum Gasteiger partial charge on any atom is -0.507 e. The van der Waals surface area contributed by atoms with Gasteiger partial charge in [-0.15, -0.1) is 0 Å². The molecule has 98 valence electrons. The number of phenolic OH excluding ortho intramolecular Hbond substituents is 1. The zero-order valence-corrected chi connectivity index (χ0v) is 11.2. The van der Waals surface area contributed by atoms with Crippen molar-refractivity contribution in [3.63, 3.8) is 0 Å². The van der Waals surface area contributed by atoms with E-state index in [2.05, 4.69) is 5.32 Å². The van der Waals surface area contributed by atoms with E-state index in [0.29, 0.717) is 18.1 Å². The third kappa shape index (κ3) is 2.76. The molecule has 0 aromatic heterocycles. The molecule has 1 aliphatic rings. The molecule has 4 nitrogen and oxygen atoms in total. The Morgan fingerprint density at radius 1 is 1.39 bits per heavy atom. The lowest BCUT2D eigenvalue weighted by Crippen LogP contribution is -2.55. The van der Waals surface area contributed by atoms with Gasteiger partial charge in [-0.25, -0.2) is 0 Å². The normalized spacial score (nSPS) is 24.1. The molecule has 0 saturated carbocycles. The zero-order chi connectivity index (χ0) is 13.3. The molecule has 2 N–H and O–H groups in total. The summed E-state index contributed by atoms with van der Waals surface area (Å²) in [6, 6.07) is 5.02. The third-order valence-corrected chi connectivity index (χ3v) is 3.27. The van der Waals surface area contributed by atoms with Crippen LogP contribution in [0.15, 0.2) is 18.2 Å². The largest absolute Gasteiger partial charge is 0.507 e. The van der Waals surface area contributed by atoms with Crippen molar-refractivity contribution in [3.8, 4) is 5.75 Å². The van der Waals surface area contributed by atoms with Crippen molar-refractivity contribution >= 4 is 17.5 Å². The lowest BCUT2D eigenvalue weighted by atomic mass is 10.1. The fourth-order valence-electron chi connectivity index (χ4n) is 2.34. The molecule has 1 saturated heterocycles. The molecule has 2 unspecified atom stereocenters. The molecule has 5 heteroatoms. The van der Waals surface area contributed by atoms with Gasteiger partial charge in [-0.1, -0.05) is 11.6 Å². The first kappa shape index (κ1) is 13.2. The van der Waals surface area contributed by atoms with Crippen molar-refractivity contribution in [2.24, 2.45) is 0 Å². The molecule has 2 atom stereocenters. The van der Waals surface area contributed by atoms with Crippen molar-refractivity contribution in [1.29, 1.82) is 0 Å². The van der Waals surface area contributed by atoms with Crippen LogP contribution in [0.2, 0.25) is 5.02 Å². The number of hydrogen-bond donors (Lipinski definition) is 2. The van der Waals surface area contributed by atoms with E-state index < -0.39 is 0 Å². The molecule has 0 radical (unpaired) electrons. The van der Waals surface area contributed by atoms with Crippen LogP contribution in [-0.2, 0) is 0 Å². The Balaban J connectivity index is 2.22. The van der Waals surface area contributed by atoms with Gasteiger partial charge in [0.25, 0.3) is 5.91 Å². The lowest BCUT2D eigenvalue weighted by Gasteiger charge is -2.36. The zero-order valence-electron chi connectivity index (χ0n) is 10.5. The van der Waals surface area contributed by atoms with Crippen LogP contribution in [0.25, 0.3) is 0 Å². The van der Waals surface area contributed by atoms with Crippen LogP contribution in [0.5, 0.6) is 5.75 Å². The Morgan fingerprint density at radius 2 is 2.00 bits per heavy atom. The number of carbonyl (C=O) groups is 1. The average molecular weight is 269 g/mol. The standard InChI is InChI=1S/C13H17ClN2O2/c1-8-6-16(7-9(2)15-8)13(18)11-5-10(14)3-4-12(11)17/h3-5,8-9,15,17H,6-7H2,1-2H3. The first-order valence-electron chi connectivity index (χ1n) is 6.01. The molecule has 18 heavy (non-hydrogen) atoms. The van der Waals surface area contributed by atoms with Gasteiger partial charge in [0.1, 0.15) is 5.75 Å². The maximum absolute atomic E-state index is 12.3. The number of amides is 1. The maximum Gasteiger partial charge on any atom is 0.257 e. The van der Waals surface area contributed by atoms with Crippen LogP contribution in [0, 0.1) is 0 Å². The van der Waals surface area contributed by atoms with Crippen LogP contribution in [0.4, 0.5) is 0 Å². The molecule has 1 aliphatic heterocycles. The predicted molar refractivity (Wildman–Crippen MR) is 71.1 cm³/mol. The minimum atomic E-state index is -0.171. The van der Waals surface area contributed by atoms with Crippen LogP contribution >= 0.6 is 11.6 Å². The second kappa shape index (κ2) is 5.16. The van der Waals surface area contributed by atoms with E-state index in [1.807, 2.05) is 13.8 Å². The molecule has 1 fully saturated rings. The summed E-state index contributed by atoms with van der Waals surface area (Å²) in [5, 5.41) is 13.6. The van der Waals surface area contributed by atoms with Crippen LogP contribution in [-0.4, -0.2) is 41.1 Å². The van der Waals surface area contributed by atoms with Crippen molar-refractivity contribution < 1.29 is 9.90 Å². The summed E-state index contributed by atoms with van der Waals surface area (Å²) >= 11 is 5.86. The third-order valence-electron chi connectivity index (χ3n) is 3.03. The number of piperazine rings is 1. The van der Waals surface area contributed by atoms with Gasteiger partial charge in [-0.3, -0.25) is 4.79 Å². The van der Waals surface area contributed by atoms with Gasteiger partial charge in [0.15, 0.2) is 0 Å². The van der Waals surface area contributed by atoms with Crippen molar-refractivity contribution in [2.45, 2.75) is 25.9 Å². The average Bonchev–Trinajstić information content (AvgIpc) is 2.30. The smallest absolute Gasteiger partial charge is 0.257 e. The highest BCUT2D eigenvalue weighted by Crippen LogP contribution is 2.23. The van der Waals surface area contributed by atoms with E-state index in [9.17, 15) is 9.90 Å². The van der Waals surface area contributed by atoms with Gasteiger partial charge in [0.2, 0.25) is 0 Å². The van der Waals surface area contributed by atoms with Gasteiger partial charge in [-0.05, 0) is 32.0 Å². The highest BCUT2D eigenvalue weighted by molar-refractivity contribution is 6.31. The molecule has 0 aliphatic carbocycles. The van der Waals surface area contributed by atoms with Crippen LogP contribution < -0.4 is 5.32 Å². The number of nitrogens with zero attached hydrogens (tertiary/aromatic N) is 1. The maximum atomic E-state index is 12.3. The predicted octanol–water partition coefficient (Wildman–Crippen LogP) is 1.87. The Morgan fingerprint density at radius 3 is 2.61 bits per heavy atom. The van der Waals surface area contributed by atoms with E-state index in [4.69, 9.17) is 11.6 Å². The molecule has 0 bridgehead atoms. The first-order valence-corrected chi connectivity index (χ1v) is 6.39. The van der Waals surface area contributed by atoms with Gasteiger partial charge < -0.3 is 15.3 Å². The van der Waals surface area contributed by atoms with Gasteiger partial charge in [0, 0.05) is 30.2 Å². The summed E-state index contributed by atoms with van der Waals surface area (Å²) in [5.74, 6) is -0.196. The SMILES string of the molecule is CC1CN(C(=O)c2cc(Cl)ccc2O)CC(C)N1. The lowest BCUT2D eigenvalue weighted by molar-refractivity contribution is 0.0671. The minimum absolute atomic E-state index is 0.0248. The summed E-state index contributed by atoms with van der Waals surface area (Å²) in [5.41, 5.74) is 0.267. The molecule has 1 aromatic rings. The van der Waals surface area contributed by atoms with E-state index >= 15 is 0 Å². The summed E-state index contributed by atoms with van der Waals surface area (Å²) in [4.78, 5) is 14.1. The number of phenols is 1. The van der Waals surface area contributed by atoms with E-state index in [1.165, 1.54) is 12.1 Å². The fraction of sp³-hybridized carbons (Fsp3) is 0.462. The fourth-order valence-corrected chi connectivity index (χ4v) is 2.51. The summed E-state index contributed by atoms with van der Waals surface area (Å²) in [6.45, 7) is 5.34. The Hall–Kier alpha value is -1.26. The van der Waals surface area contributed by atoms with E-state index in [1.54, 1.807) is 11.0 Å². The van der Waals surface area contributed by atoms with Crippen LogP contribution in [0.3, 0.4) is 0 Å². The highest BCUT2D eigenvalue weighted by atomic mass is 35.5. The van der Waals surface area contributed by atoms with E-state index in [-0.39, 0.29) is 29.3 Å². The van der Waals surface area contributed by atoms with E-state index in [0.717, 1.165) is 0 Å². The number of rotatable bonds is 1. The Labute approximate surface area is 112 Å². The molecule has 2 rings (SSSR count). The number of hydrogen-bond acceptors (Lipinski definition) is 3. The Bertz CT molecular complexity index is 454.